The lowest BCUT2D eigenvalue weighted by atomic mass is 9.97. The number of carbonyl (C=O) groups is 2. The van der Waals surface area contributed by atoms with Gasteiger partial charge in [0.25, 0.3) is 0 Å². The van der Waals surface area contributed by atoms with Crippen LogP contribution in [-0.4, -0.2) is 43.7 Å². The zero-order valence-electron chi connectivity index (χ0n) is 17.2. The van der Waals surface area contributed by atoms with Crippen LogP contribution in [0.4, 0.5) is 30.6 Å². The minimum Gasteiger partial charge on any atom is -0.468 e. The normalized spacial score (nSPS) is 14.4. The molecule has 0 atom stereocenters. The lowest BCUT2D eigenvalue weighted by Crippen LogP contribution is -2.32. The zero-order chi connectivity index (χ0) is 25.3. The second kappa shape index (κ2) is 9.57. The second-order valence-electron chi connectivity index (χ2n) is 6.63. The van der Waals surface area contributed by atoms with Crippen molar-refractivity contribution in [2.45, 2.75) is 0 Å². The number of methoxy groups -OCH3 is 2. The van der Waals surface area contributed by atoms with E-state index < -0.39 is 76.9 Å². The third-order valence-corrected chi connectivity index (χ3v) is 4.79. The summed E-state index contributed by atoms with van der Waals surface area (Å²) in [4.78, 5) is 27.9. The van der Waals surface area contributed by atoms with Gasteiger partial charge in [0.05, 0.1) is 31.2 Å². The summed E-state index contributed by atoms with van der Waals surface area (Å²) < 4.78 is 107. The Morgan fingerprint density at radius 2 is 1.44 bits per heavy atom. The number of benzene rings is 1. The largest absolute Gasteiger partial charge is 0.677 e. The van der Waals surface area contributed by atoms with Crippen LogP contribution in [0.15, 0.2) is 41.2 Å². The van der Waals surface area contributed by atoms with Crippen LogP contribution in [0, 0.1) is 35.0 Å². The molecular formula is C20H12BF7N2O4. The third-order valence-electron chi connectivity index (χ3n) is 4.79. The van der Waals surface area contributed by atoms with E-state index in [9.17, 15) is 40.2 Å². The highest BCUT2D eigenvalue weighted by Gasteiger charge is 2.37. The van der Waals surface area contributed by atoms with E-state index in [-0.39, 0.29) is 10.2 Å². The highest BCUT2D eigenvalue weighted by atomic mass is 19.2. The van der Waals surface area contributed by atoms with Crippen molar-refractivity contribution in [3.63, 3.8) is 0 Å². The van der Waals surface area contributed by atoms with Gasteiger partial charge in [-0.3, -0.25) is 23.2 Å². The maximum atomic E-state index is 14.7. The molecule has 1 aliphatic rings. The van der Waals surface area contributed by atoms with E-state index in [2.05, 4.69) is 14.5 Å². The Bertz CT molecular complexity index is 1220. The molecule has 34 heavy (non-hydrogen) atoms. The fourth-order valence-corrected chi connectivity index (χ4v) is 3.24. The molecule has 0 spiro atoms. The summed E-state index contributed by atoms with van der Waals surface area (Å²) in [6, 6.07) is 1.98. The maximum absolute atomic E-state index is 14.7. The van der Waals surface area contributed by atoms with Crippen molar-refractivity contribution >= 4 is 30.6 Å². The van der Waals surface area contributed by atoms with Gasteiger partial charge in [-0.25, -0.2) is 22.0 Å². The van der Waals surface area contributed by atoms with Gasteiger partial charge in [0.15, 0.2) is 29.2 Å². The monoisotopic (exact) mass is 488 g/mol. The summed E-state index contributed by atoms with van der Waals surface area (Å²) in [5.41, 5.74) is -4.05. The van der Waals surface area contributed by atoms with Crippen molar-refractivity contribution in [3.05, 3.63) is 76.5 Å². The van der Waals surface area contributed by atoms with E-state index in [1.165, 1.54) is 0 Å². The van der Waals surface area contributed by atoms with Crippen molar-refractivity contribution < 1.29 is 49.6 Å². The Hall–Kier alpha value is -3.84. The fourth-order valence-electron chi connectivity index (χ4n) is 3.24. The average Bonchev–Trinajstić information content (AvgIpc) is 3.49. The van der Waals surface area contributed by atoms with Crippen LogP contribution in [0.3, 0.4) is 0 Å². The van der Waals surface area contributed by atoms with Crippen molar-refractivity contribution in [1.82, 2.24) is 4.48 Å². The lowest BCUT2D eigenvalue weighted by Gasteiger charge is -2.16. The van der Waals surface area contributed by atoms with Gasteiger partial charge in [0.1, 0.15) is 0 Å². The molecule has 0 N–H and O–H groups in total. The molecule has 0 bridgehead atoms. The predicted molar refractivity (Wildman–Crippen MR) is 104 cm³/mol. The highest BCUT2D eigenvalue weighted by Crippen LogP contribution is 2.37. The first kappa shape index (κ1) is 24.8. The van der Waals surface area contributed by atoms with Gasteiger partial charge < -0.3 is 14.0 Å². The molecule has 3 rings (SSSR count). The molecule has 0 fully saturated rings. The summed E-state index contributed by atoms with van der Waals surface area (Å²) in [5, 5.41) is 0. The molecule has 0 amide bonds. The Labute approximate surface area is 187 Å². The summed E-state index contributed by atoms with van der Waals surface area (Å²) in [6.45, 7) is 0. The first-order chi connectivity index (χ1) is 16.0. The smallest absolute Gasteiger partial charge is 0.468 e. The van der Waals surface area contributed by atoms with Crippen molar-refractivity contribution in [1.29, 1.82) is 0 Å². The number of aliphatic imine (C=N–C) groups is 1. The topological polar surface area (TPSA) is 69.9 Å². The number of hydrogen-bond donors (Lipinski definition) is 0. The van der Waals surface area contributed by atoms with E-state index in [1.807, 2.05) is 0 Å². The minimum atomic E-state index is -3.27. The molecule has 0 saturated heterocycles. The fraction of sp³-hybridized carbons (Fsp3) is 0.150. The molecule has 2 heterocycles. The van der Waals surface area contributed by atoms with Crippen LogP contribution in [0.5, 0.6) is 0 Å². The first-order valence-electron chi connectivity index (χ1n) is 9.18. The number of aromatic nitrogens is 1. The van der Waals surface area contributed by atoms with Crippen molar-refractivity contribution in [2.24, 2.45) is 10.9 Å². The number of halogens is 7. The van der Waals surface area contributed by atoms with Crippen LogP contribution in [-0.2, 0) is 19.1 Å². The number of carbonyl (C=O) groups excluding carboxylic acids is 2. The summed E-state index contributed by atoms with van der Waals surface area (Å²) in [6.07, 6.45) is 2.77. The Morgan fingerprint density at radius 3 is 1.94 bits per heavy atom. The van der Waals surface area contributed by atoms with Crippen LogP contribution >= 0.6 is 0 Å². The molecule has 0 unspecified atom stereocenters. The number of rotatable bonds is 6. The standard InChI is InChI=1S/C20H12BF7N2O4/c1-33-19(31)12(20(32)34-2)9-6-5-8(29-9)11(10-4-3-7-30(10)21(27)28)13-14(22)16(24)18(26)17(25)15(13)23/h3-7,12H,1-2H3/b11-8-. The van der Waals surface area contributed by atoms with E-state index in [1.54, 1.807) is 0 Å². The van der Waals surface area contributed by atoms with Gasteiger partial charge in [0.2, 0.25) is 5.82 Å². The molecule has 1 aromatic heterocycles. The minimum absolute atomic E-state index is 0.208. The summed E-state index contributed by atoms with van der Waals surface area (Å²) in [7, 11) is -1.37. The molecule has 0 saturated carbocycles. The molecule has 2 aromatic rings. The molecule has 14 heteroatoms. The maximum Gasteiger partial charge on any atom is 0.677 e. The highest BCUT2D eigenvalue weighted by molar-refractivity contribution is 6.41. The SMILES string of the molecule is COC(=O)C(C(=O)OC)C1=N/C(=C(\c2c(F)c(F)c(F)c(F)c2F)c2cccn2B(F)F)C=C1. The second-order valence-corrected chi connectivity index (χ2v) is 6.63. The zero-order valence-corrected chi connectivity index (χ0v) is 17.2. The van der Waals surface area contributed by atoms with Crippen LogP contribution in [0.25, 0.3) is 5.57 Å². The molecule has 6 nitrogen and oxygen atoms in total. The molecule has 1 aromatic carbocycles. The predicted octanol–water partition coefficient (Wildman–Crippen LogP) is 3.69. The number of allylic oxidation sites excluding steroid dienone is 2. The molecule has 178 valence electrons. The van der Waals surface area contributed by atoms with Crippen LogP contribution in [0.1, 0.15) is 11.3 Å². The van der Waals surface area contributed by atoms with E-state index in [0.29, 0.717) is 0 Å². The summed E-state index contributed by atoms with van der Waals surface area (Å²) >= 11 is 0. The molecule has 0 radical (unpaired) electrons. The molecule has 1 aliphatic heterocycles. The third kappa shape index (κ3) is 4.10. The van der Waals surface area contributed by atoms with Gasteiger partial charge >= 0.3 is 19.3 Å². The van der Waals surface area contributed by atoms with Crippen molar-refractivity contribution in [2.75, 3.05) is 14.2 Å². The summed E-state index contributed by atoms with van der Waals surface area (Å²) in [5.74, 6) is -15.7. The number of esters is 2. The Morgan fingerprint density at radius 1 is 0.912 bits per heavy atom. The lowest BCUT2D eigenvalue weighted by molar-refractivity contribution is -0.155. The number of ether oxygens (including phenoxy) is 2. The van der Waals surface area contributed by atoms with E-state index >= 15 is 0 Å². The van der Waals surface area contributed by atoms with Gasteiger partial charge in [0, 0.05) is 11.3 Å². The Balaban J connectivity index is 2.38. The molecular weight excluding hydrogens is 476 g/mol. The number of nitrogens with zero attached hydrogens (tertiary/aromatic N) is 2. The van der Waals surface area contributed by atoms with Gasteiger partial charge in [-0.2, -0.15) is 0 Å². The quantitative estimate of drug-likeness (QED) is 0.155. The number of hydrogen-bond acceptors (Lipinski definition) is 5. The van der Waals surface area contributed by atoms with Crippen LogP contribution < -0.4 is 0 Å². The van der Waals surface area contributed by atoms with E-state index in [4.69, 9.17) is 0 Å². The van der Waals surface area contributed by atoms with Gasteiger partial charge in [-0.05, 0) is 30.5 Å². The molecule has 0 aliphatic carbocycles. The first-order valence-corrected chi connectivity index (χ1v) is 9.18. The van der Waals surface area contributed by atoms with Gasteiger partial charge in [-0.15, -0.1) is 0 Å². The van der Waals surface area contributed by atoms with Crippen LogP contribution in [0.2, 0.25) is 0 Å². The van der Waals surface area contributed by atoms with Crippen molar-refractivity contribution in [3.8, 4) is 0 Å². The van der Waals surface area contributed by atoms with E-state index in [0.717, 1.165) is 44.7 Å². The average molecular weight is 488 g/mol. The Kier molecular flexibility index (Phi) is 6.98. The van der Waals surface area contributed by atoms with Gasteiger partial charge in [-0.1, -0.05) is 0 Å².